The van der Waals surface area contributed by atoms with Gasteiger partial charge in [-0.3, -0.25) is 14.5 Å². The van der Waals surface area contributed by atoms with Crippen LogP contribution in [0.5, 0.6) is 0 Å². The van der Waals surface area contributed by atoms with Crippen molar-refractivity contribution in [1.82, 2.24) is 15.1 Å². The molecule has 0 unspecified atom stereocenters. The summed E-state index contributed by atoms with van der Waals surface area (Å²) in [7, 11) is 1.80. The monoisotopic (exact) mass is 241 g/mol. The first kappa shape index (κ1) is 14.0. The SMILES string of the molecule is CC(C)NC(=O)CN(C)CC(=O)N1CCCC1. The Morgan fingerprint density at radius 1 is 1.24 bits per heavy atom. The molecule has 0 aromatic heterocycles. The molecule has 0 aromatic carbocycles. The Morgan fingerprint density at radius 3 is 2.35 bits per heavy atom. The molecule has 0 radical (unpaired) electrons. The lowest BCUT2D eigenvalue weighted by Gasteiger charge is -2.21. The van der Waals surface area contributed by atoms with Crippen LogP contribution in [0.3, 0.4) is 0 Å². The zero-order chi connectivity index (χ0) is 12.8. The van der Waals surface area contributed by atoms with E-state index >= 15 is 0 Å². The van der Waals surface area contributed by atoms with Crippen molar-refractivity contribution in [3.8, 4) is 0 Å². The Morgan fingerprint density at radius 2 is 1.82 bits per heavy atom. The lowest BCUT2D eigenvalue weighted by molar-refractivity contribution is -0.131. The van der Waals surface area contributed by atoms with Crippen molar-refractivity contribution in [1.29, 1.82) is 0 Å². The summed E-state index contributed by atoms with van der Waals surface area (Å²) in [6.07, 6.45) is 2.20. The smallest absolute Gasteiger partial charge is 0.236 e. The molecule has 1 saturated heterocycles. The molecule has 1 N–H and O–H groups in total. The summed E-state index contributed by atoms with van der Waals surface area (Å²) in [4.78, 5) is 26.9. The Labute approximate surface area is 103 Å². The van der Waals surface area contributed by atoms with E-state index < -0.39 is 0 Å². The number of likely N-dealkylation sites (N-methyl/N-ethyl adjacent to an activating group) is 1. The lowest BCUT2D eigenvalue weighted by atomic mass is 10.3. The van der Waals surface area contributed by atoms with Crippen molar-refractivity contribution in [2.24, 2.45) is 0 Å². The molecule has 5 nitrogen and oxygen atoms in total. The van der Waals surface area contributed by atoms with Crippen LogP contribution in [0.4, 0.5) is 0 Å². The van der Waals surface area contributed by atoms with Crippen LogP contribution in [0.25, 0.3) is 0 Å². The molecule has 5 heteroatoms. The second-order valence-electron chi connectivity index (χ2n) is 4.98. The number of nitrogens with zero attached hydrogens (tertiary/aromatic N) is 2. The van der Waals surface area contributed by atoms with E-state index in [1.54, 1.807) is 11.9 Å². The lowest BCUT2D eigenvalue weighted by Crippen LogP contribution is -2.43. The summed E-state index contributed by atoms with van der Waals surface area (Å²) in [6, 6.07) is 0.144. The van der Waals surface area contributed by atoms with Gasteiger partial charge in [0.2, 0.25) is 11.8 Å². The fourth-order valence-corrected chi connectivity index (χ4v) is 1.97. The minimum absolute atomic E-state index is 0.0308. The number of carbonyl (C=O) groups excluding carboxylic acids is 2. The number of carbonyl (C=O) groups is 2. The van der Waals surface area contributed by atoms with Crippen LogP contribution in [0, 0.1) is 0 Å². The van der Waals surface area contributed by atoms with E-state index in [1.165, 1.54) is 0 Å². The number of nitrogens with one attached hydrogen (secondary N) is 1. The van der Waals surface area contributed by atoms with Crippen molar-refractivity contribution in [3.05, 3.63) is 0 Å². The van der Waals surface area contributed by atoms with E-state index in [2.05, 4.69) is 5.32 Å². The fraction of sp³-hybridized carbons (Fsp3) is 0.833. The Hall–Kier alpha value is -1.10. The molecule has 1 aliphatic rings. The van der Waals surface area contributed by atoms with Gasteiger partial charge in [0.15, 0.2) is 0 Å². The van der Waals surface area contributed by atoms with Gasteiger partial charge in [-0.2, -0.15) is 0 Å². The average Bonchev–Trinajstić information content (AvgIpc) is 2.67. The van der Waals surface area contributed by atoms with Crippen LogP contribution < -0.4 is 5.32 Å². The van der Waals surface area contributed by atoms with Gasteiger partial charge in [0, 0.05) is 19.1 Å². The standard InChI is InChI=1S/C12H23N3O2/c1-10(2)13-11(16)8-14(3)9-12(17)15-6-4-5-7-15/h10H,4-9H2,1-3H3,(H,13,16). The molecule has 1 aliphatic heterocycles. The average molecular weight is 241 g/mol. The topological polar surface area (TPSA) is 52.7 Å². The van der Waals surface area contributed by atoms with Gasteiger partial charge < -0.3 is 10.2 Å². The molecule has 1 rings (SSSR count). The number of hydrogen-bond acceptors (Lipinski definition) is 3. The Kier molecular flexibility index (Phi) is 5.41. The molecule has 0 saturated carbocycles. The van der Waals surface area contributed by atoms with Gasteiger partial charge in [-0.1, -0.05) is 0 Å². The zero-order valence-electron chi connectivity index (χ0n) is 11.0. The van der Waals surface area contributed by atoms with Crippen molar-refractivity contribution in [2.45, 2.75) is 32.7 Å². The Bertz CT molecular complexity index is 273. The van der Waals surface area contributed by atoms with Crippen LogP contribution in [0.1, 0.15) is 26.7 Å². The number of rotatable bonds is 5. The highest BCUT2D eigenvalue weighted by Crippen LogP contribution is 2.07. The minimum atomic E-state index is -0.0308. The molecule has 2 amide bonds. The maximum Gasteiger partial charge on any atom is 0.236 e. The van der Waals surface area contributed by atoms with Gasteiger partial charge in [0.1, 0.15) is 0 Å². The maximum absolute atomic E-state index is 11.8. The fourth-order valence-electron chi connectivity index (χ4n) is 1.97. The molecule has 98 valence electrons. The van der Waals surface area contributed by atoms with Crippen LogP contribution >= 0.6 is 0 Å². The predicted octanol–water partition coefficient (Wildman–Crippen LogP) is 0.0652. The van der Waals surface area contributed by atoms with E-state index in [0.717, 1.165) is 25.9 Å². The second-order valence-corrected chi connectivity index (χ2v) is 4.98. The summed E-state index contributed by atoms with van der Waals surface area (Å²) in [5.74, 6) is 0.0964. The van der Waals surface area contributed by atoms with Gasteiger partial charge in [-0.25, -0.2) is 0 Å². The van der Waals surface area contributed by atoms with Crippen molar-refractivity contribution in [2.75, 3.05) is 33.2 Å². The molecule has 1 heterocycles. The molecule has 17 heavy (non-hydrogen) atoms. The number of amides is 2. The summed E-state index contributed by atoms with van der Waals surface area (Å²) in [6.45, 7) is 6.18. The molecule has 0 bridgehead atoms. The van der Waals surface area contributed by atoms with E-state index in [9.17, 15) is 9.59 Å². The van der Waals surface area contributed by atoms with E-state index in [1.807, 2.05) is 18.7 Å². The van der Waals surface area contributed by atoms with Crippen LogP contribution in [0.15, 0.2) is 0 Å². The van der Waals surface area contributed by atoms with Gasteiger partial charge in [-0.05, 0) is 33.7 Å². The van der Waals surface area contributed by atoms with Gasteiger partial charge in [0.05, 0.1) is 13.1 Å². The normalized spacial score (nSPS) is 15.7. The molecule has 0 aromatic rings. The molecular weight excluding hydrogens is 218 g/mol. The summed E-state index contributed by atoms with van der Waals surface area (Å²) >= 11 is 0. The summed E-state index contributed by atoms with van der Waals surface area (Å²) < 4.78 is 0. The van der Waals surface area contributed by atoms with Crippen molar-refractivity contribution >= 4 is 11.8 Å². The minimum Gasteiger partial charge on any atom is -0.353 e. The molecule has 0 atom stereocenters. The second kappa shape index (κ2) is 6.59. The first-order valence-electron chi connectivity index (χ1n) is 6.24. The maximum atomic E-state index is 11.8. The van der Waals surface area contributed by atoms with Gasteiger partial charge in [-0.15, -0.1) is 0 Å². The first-order chi connectivity index (χ1) is 7.99. The van der Waals surface area contributed by atoms with Gasteiger partial charge >= 0.3 is 0 Å². The van der Waals surface area contributed by atoms with Crippen molar-refractivity contribution < 1.29 is 9.59 Å². The Balaban J connectivity index is 2.26. The molecule has 0 spiro atoms. The third-order valence-corrected chi connectivity index (χ3v) is 2.73. The summed E-state index contributed by atoms with van der Waals surface area (Å²) in [5, 5.41) is 2.81. The van der Waals surface area contributed by atoms with Crippen LogP contribution in [0.2, 0.25) is 0 Å². The quantitative estimate of drug-likeness (QED) is 0.741. The van der Waals surface area contributed by atoms with Gasteiger partial charge in [0.25, 0.3) is 0 Å². The van der Waals surface area contributed by atoms with E-state index in [-0.39, 0.29) is 24.4 Å². The van der Waals surface area contributed by atoms with Crippen molar-refractivity contribution in [3.63, 3.8) is 0 Å². The first-order valence-corrected chi connectivity index (χ1v) is 6.24. The van der Waals surface area contributed by atoms with E-state index in [0.29, 0.717) is 6.54 Å². The van der Waals surface area contributed by atoms with Crippen LogP contribution in [-0.4, -0.2) is 60.9 Å². The highest BCUT2D eigenvalue weighted by molar-refractivity contribution is 5.81. The third-order valence-electron chi connectivity index (χ3n) is 2.73. The van der Waals surface area contributed by atoms with E-state index in [4.69, 9.17) is 0 Å². The highest BCUT2D eigenvalue weighted by Gasteiger charge is 2.19. The molecule has 0 aliphatic carbocycles. The summed E-state index contributed by atoms with van der Waals surface area (Å²) in [5.41, 5.74) is 0. The zero-order valence-corrected chi connectivity index (χ0v) is 11.0. The third kappa shape index (κ3) is 5.17. The number of likely N-dealkylation sites (tertiary alicyclic amines) is 1. The van der Waals surface area contributed by atoms with Crippen LogP contribution in [-0.2, 0) is 9.59 Å². The molecule has 1 fully saturated rings. The number of hydrogen-bond donors (Lipinski definition) is 1. The largest absolute Gasteiger partial charge is 0.353 e. The predicted molar refractivity (Wildman–Crippen MR) is 66.6 cm³/mol. The highest BCUT2D eigenvalue weighted by atomic mass is 16.2. The molecular formula is C12H23N3O2.